The van der Waals surface area contributed by atoms with Gasteiger partial charge in [0.2, 0.25) is 6.41 Å². The van der Waals surface area contributed by atoms with Gasteiger partial charge in [-0.2, -0.15) is 0 Å². The predicted molar refractivity (Wildman–Crippen MR) is 100.0 cm³/mol. The van der Waals surface area contributed by atoms with Gasteiger partial charge < -0.3 is 15.5 Å². The van der Waals surface area contributed by atoms with E-state index in [4.69, 9.17) is 0 Å². The van der Waals surface area contributed by atoms with Crippen molar-refractivity contribution in [3.05, 3.63) is 36.6 Å². The van der Waals surface area contributed by atoms with Crippen molar-refractivity contribution >= 4 is 6.41 Å². The molecule has 1 rings (SSSR count). The van der Waals surface area contributed by atoms with E-state index in [1.54, 1.807) is 12.2 Å². The zero-order valence-electron chi connectivity index (χ0n) is 15.5. The Bertz CT molecular complexity index is 278. The number of hydrogen-bond donors (Lipinski definition) is 2. The number of rotatable bonds is 4. The standard InChI is InChI=1S/C8H11NO.C6H14N2.2C2H6/c1-3-5-6-8(4-2)9-7-10;1-8-5-2-3-7-4-6-8;2*1-2/h3-7H,2H2,1H3,(H,9,10);7H,2-6H2,1H3;2*1-2H3/b5-3-,8-6+;;;. The molecule has 1 heterocycles. The van der Waals surface area contributed by atoms with Crippen LogP contribution in [0.1, 0.15) is 41.0 Å². The molecular weight excluding hydrogens is 274 g/mol. The van der Waals surface area contributed by atoms with Gasteiger partial charge in [0.05, 0.1) is 0 Å². The molecule has 1 aliphatic heterocycles. The van der Waals surface area contributed by atoms with Crippen molar-refractivity contribution in [3.8, 4) is 0 Å². The second-order valence-electron chi connectivity index (χ2n) is 4.02. The summed E-state index contributed by atoms with van der Waals surface area (Å²) < 4.78 is 0. The molecule has 0 spiro atoms. The van der Waals surface area contributed by atoms with Crippen LogP contribution in [0, 0.1) is 0 Å². The van der Waals surface area contributed by atoms with E-state index in [-0.39, 0.29) is 0 Å². The summed E-state index contributed by atoms with van der Waals surface area (Å²) in [6.45, 7) is 18.2. The van der Waals surface area contributed by atoms with Crippen LogP contribution in [0.25, 0.3) is 0 Å². The number of allylic oxidation sites excluding steroid dienone is 4. The maximum Gasteiger partial charge on any atom is 0.211 e. The normalized spacial score (nSPS) is 14.9. The Morgan fingerprint density at radius 1 is 1.18 bits per heavy atom. The lowest BCUT2D eigenvalue weighted by atomic mass is 10.3. The lowest BCUT2D eigenvalue weighted by Gasteiger charge is -2.09. The molecule has 0 radical (unpaired) electrons. The Morgan fingerprint density at radius 3 is 2.32 bits per heavy atom. The molecule has 130 valence electrons. The SMILES string of the molecule is C=C/C(=C\C=C/C)NC=O.CC.CC.CN1CCCNCC1. The van der Waals surface area contributed by atoms with E-state index < -0.39 is 0 Å². The van der Waals surface area contributed by atoms with Crippen LogP contribution in [0.3, 0.4) is 0 Å². The van der Waals surface area contributed by atoms with E-state index in [1.165, 1.54) is 26.1 Å². The molecule has 1 aliphatic rings. The van der Waals surface area contributed by atoms with Gasteiger partial charge in [-0.05, 0) is 45.6 Å². The van der Waals surface area contributed by atoms with Crippen molar-refractivity contribution in [2.45, 2.75) is 41.0 Å². The maximum atomic E-state index is 9.91. The molecule has 4 nitrogen and oxygen atoms in total. The molecule has 0 aromatic heterocycles. The van der Waals surface area contributed by atoms with Crippen LogP contribution in [-0.4, -0.2) is 44.5 Å². The van der Waals surface area contributed by atoms with Crippen molar-refractivity contribution in [2.24, 2.45) is 0 Å². The fraction of sp³-hybridized carbons (Fsp3) is 0.611. The molecule has 4 heteroatoms. The highest BCUT2D eigenvalue weighted by Crippen LogP contribution is 1.89. The van der Waals surface area contributed by atoms with Crippen molar-refractivity contribution in [1.82, 2.24) is 15.5 Å². The summed E-state index contributed by atoms with van der Waals surface area (Å²) in [6, 6.07) is 0. The number of carbonyl (C=O) groups is 1. The number of carbonyl (C=O) groups excluding carboxylic acids is 1. The molecule has 0 aliphatic carbocycles. The number of amides is 1. The van der Waals surface area contributed by atoms with Crippen LogP contribution >= 0.6 is 0 Å². The van der Waals surface area contributed by atoms with E-state index in [1.807, 2.05) is 46.8 Å². The first kappa shape index (κ1) is 25.6. The Hall–Kier alpha value is -1.39. The molecule has 1 saturated heterocycles. The molecular formula is C18H37N3O. The van der Waals surface area contributed by atoms with E-state index in [0.717, 1.165) is 6.54 Å². The number of nitrogens with one attached hydrogen (secondary N) is 2. The zero-order valence-corrected chi connectivity index (χ0v) is 15.5. The van der Waals surface area contributed by atoms with Crippen molar-refractivity contribution in [3.63, 3.8) is 0 Å². The van der Waals surface area contributed by atoms with Gasteiger partial charge in [-0.25, -0.2) is 0 Å². The molecule has 1 amide bonds. The maximum absolute atomic E-state index is 9.91. The molecule has 22 heavy (non-hydrogen) atoms. The minimum atomic E-state index is 0.622. The van der Waals surface area contributed by atoms with E-state index >= 15 is 0 Å². The van der Waals surface area contributed by atoms with E-state index in [0.29, 0.717) is 12.1 Å². The van der Waals surface area contributed by atoms with Crippen LogP contribution in [0.2, 0.25) is 0 Å². The third-order valence-electron chi connectivity index (χ3n) is 2.48. The number of hydrogen-bond acceptors (Lipinski definition) is 3. The van der Waals surface area contributed by atoms with Gasteiger partial charge >= 0.3 is 0 Å². The topological polar surface area (TPSA) is 44.4 Å². The quantitative estimate of drug-likeness (QED) is 0.618. The van der Waals surface area contributed by atoms with Gasteiger partial charge in [-0.15, -0.1) is 0 Å². The zero-order chi connectivity index (χ0) is 17.6. The molecule has 1 fully saturated rings. The van der Waals surface area contributed by atoms with Crippen LogP contribution in [0.5, 0.6) is 0 Å². The third-order valence-corrected chi connectivity index (χ3v) is 2.48. The van der Waals surface area contributed by atoms with Gasteiger partial charge in [0.15, 0.2) is 0 Å². The Morgan fingerprint density at radius 2 is 1.82 bits per heavy atom. The minimum absolute atomic E-state index is 0.622. The highest BCUT2D eigenvalue weighted by molar-refractivity contribution is 5.52. The van der Waals surface area contributed by atoms with Crippen molar-refractivity contribution in [2.75, 3.05) is 33.2 Å². The van der Waals surface area contributed by atoms with Gasteiger partial charge in [-0.1, -0.05) is 46.4 Å². The lowest BCUT2D eigenvalue weighted by Crippen LogP contribution is -2.23. The molecule has 2 N–H and O–H groups in total. The van der Waals surface area contributed by atoms with Crippen molar-refractivity contribution < 1.29 is 4.79 Å². The monoisotopic (exact) mass is 311 g/mol. The minimum Gasteiger partial charge on any atom is -0.329 e. The second kappa shape index (κ2) is 24.6. The molecule has 0 atom stereocenters. The predicted octanol–water partition coefficient (Wildman–Crippen LogP) is 3.34. The molecule has 0 unspecified atom stereocenters. The summed E-state index contributed by atoms with van der Waals surface area (Å²) in [7, 11) is 2.17. The average molecular weight is 312 g/mol. The fourth-order valence-electron chi connectivity index (χ4n) is 1.42. The summed E-state index contributed by atoms with van der Waals surface area (Å²) in [5.74, 6) is 0. The molecule has 0 bridgehead atoms. The van der Waals surface area contributed by atoms with E-state index in [9.17, 15) is 4.79 Å². The van der Waals surface area contributed by atoms with E-state index in [2.05, 4.69) is 29.2 Å². The number of nitrogens with zero attached hydrogens (tertiary/aromatic N) is 1. The van der Waals surface area contributed by atoms with Crippen LogP contribution in [0.4, 0.5) is 0 Å². The summed E-state index contributed by atoms with van der Waals surface area (Å²) in [5, 5.41) is 5.81. The van der Waals surface area contributed by atoms with Gasteiger partial charge in [-0.3, -0.25) is 4.79 Å². The highest BCUT2D eigenvalue weighted by atomic mass is 16.1. The summed E-state index contributed by atoms with van der Waals surface area (Å²) in [6.07, 6.45) is 8.97. The average Bonchev–Trinajstić information content (AvgIpc) is 2.83. The van der Waals surface area contributed by atoms with Crippen LogP contribution < -0.4 is 10.6 Å². The smallest absolute Gasteiger partial charge is 0.211 e. The molecule has 0 aromatic rings. The first-order chi connectivity index (χ1) is 10.7. The Balaban J connectivity index is -0.000000270. The Labute approximate surface area is 138 Å². The van der Waals surface area contributed by atoms with Gasteiger partial charge in [0, 0.05) is 18.8 Å². The van der Waals surface area contributed by atoms with Crippen LogP contribution in [0.15, 0.2) is 36.6 Å². The first-order valence-corrected chi connectivity index (χ1v) is 8.29. The fourth-order valence-corrected chi connectivity index (χ4v) is 1.42. The third kappa shape index (κ3) is 20.9. The highest BCUT2D eigenvalue weighted by Gasteiger charge is 2.00. The largest absolute Gasteiger partial charge is 0.329 e. The van der Waals surface area contributed by atoms with Gasteiger partial charge in [0.1, 0.15) is 0 Å². The summed E-state index contributed by atoms with van der Waals surface area (Å²) in [4.78, 5) is 12.3. The molecule has 0 saturated carbocycles. The van der Waals surface area contributed by atoms with Crippen molar-refractivity contribution in [1.29, 1.82) is 0 Å². The summed E-state index contributed by atoms with van der Waals surface area (Å²) in [5.41, 5.74) is 0.702. The van der Waals surface area contributed by atoms with Crippen LogP contribution in [-0.2, 0) is 4.79 Å². The summed E-state index contributed by atoms with van der Waals surface area (Å²) >= 11 is 0. The lowest BCUT2D eigenvalue weighted by molar-refractivity contribution is -0.108. The number of likely N-dealkylation sites (N-methyl/N-ethyl adjacent to an activating group) is 1. The first-order valence-electron chi connectivity index (χ1n) is 8.29. The molecule has 0 aromatic carbocycles. The van der Waals surface area contributed by atoms with Gasteiger partial charge in [0.25, 0.3) is 0 Å². The second-order valence-corrected chi connectivity index (χ2v) is 4.02. The Kier molecular flexibility index (Phi) is 28.6.